The Balaban J connectivity index is 0. The van der Waals surface area contributed by atoms with Crippen LogP contribution < -0.4 is 0 Å². The standard InChI is InChI=1S/3C10H20O5.2C9H18O6.2CH4/c1-5(2)14-9-6(3)10(13)15-7(4-11)8(9)12;1-5(2)14-4-7-9(12)8(11)6(3)10(13)15-7;1-5(2)14-9-7(4-11)15-10(13)6(3)8(9)12;1-4(2)14-8-7(12)6(11)5(3-10)15-9(8)13;1-4(2)14-9-8(13)7(12)6(11)5(3-10)15-9;;/h3*5-13H,4H2,1-3H3;2*4-13H,3H2,1-2H3;2*1H4. The Bertz CT molecular complexity index is 1440. The summed E-state index contributed by atoms with van der Waals surface area (Å²) >= 11 is 0. The van der Waals surface area contributed by atoms with Gasteiger partial charge in [0.1, 0.15) is 85.5 Å². The van der Waals surface area contributed by atoms with Gasteiger partial charge < -0.3 is 134 Å². The van der Waals surface area contributed by atoms with Crippen molar-refractivity contribution in [3.05, 3.63) is 0 Å². The van der Waals surface area contributed by atoms with Crippen LogP contribution in [-0.2, 0) is 47.4 Å². The molecule has 0 bridgehead atoms. The quantitative estimate of drug-likeness (QED) is 0.0746. The van der Waals surface area contributed by atoms with Crippen molar-refractivity contribution in [2.45, 2.75) is 271 Å². The third-order valence-electron chi connectivity index (χ3n) is 12.4. The smallest absolute Gasteiger partial charge is 0.186 e. The molecule has 25 unspecified atom stereocenters. The number of ether oxygens (including phenoxy) is 10. The van der Waals surface area contributed by atoms with Gasteiger partial charge in [0.15, 0.2) is 31.5 Å². The fourth-order valence-electron chi connectivity index (χ4n) is 7.92. The van der Waals surface area contributed by atoms with Gasteiger partial charge in [0.25, 0.3) is 0 Å². The molecule has 466 valence electrons. The minimum Gasteiger partial charge on any atom is -0.394 e. The van der Waals surface area contributed by atoms with Gasteiger partial charge in [-0.15, -0.1) is 0 Å². The van der Waals surface area contributed by atoms with E-state index in [1.54, 1.807) is 48.5 Å². The number of aliphatic hydroxyl groups is 17. The number of aliphatic hydroxyl groups excluding tert-OH is 17. The van der Waals surface area contributed by atoms with Crippen LogP contribution in [0.1, 0.15) is 105 Å². The summed E-state index contributed by atoms with van der Waals surface area (Å²) in [6.45, 7) is 21.8. The van der Waals surface area contributed by atoms with E-state index in [4.69, 9.17) is 67.8 Å². The second-order valence-corrected chi connectivity index (χ2v) is 20.5. The Kier molecular flexibility index (Phi) is 38.4. The van der Waals surface area contributed by atoms with Gasteiger partial charge in [0.2, 0.25) is 0 Å². The van der Waals surface area contributed by atoms with Crippen LogP contribution in [0.25, 0.3) is 0 Å². The molecule has 25 atom stereocenters. The molecule has 5 aliphatic rings. The molecule has 0 amide bonds. The van der Waals surface area contributed by atoms with E-state index in [0.717, 1.165) is 0 Å². The molecule has 27 nitrogen and oxygen atoms in total. The SMILES string of the molecule is C.C.CC(C)OC1C(C)C(O)OC(CO)C1O.CC(C)OC1C(CO)OC(O)C(C)C1O.CC(C)OC1C(O)OC(CO)C(O)C1O.CC(C)OC1OC(CO)C(O)C(O)C1O.CC(C)OCC1OC(O)C(C)C(O)C1O. The highest BCUT2D eigenvalue weighted by atomic mass is 16.7. The van der Waals surface area contributed by atoms with Crippen molar-refractivity contribution in [3.8, 4) is 0 Å². The molecule has 5 heterocycles. The topological polar surface area (TPSA) is 436 Å². The summed E-state index contributed by atoms with van der Waals surface area (Å²) in [7, 11) is 0. The van der Waals surface area contributed by atoms with E-state index in [-0.39, 0.29) is 71.1 Å². The van der Waals surface area contributed by atoms with Gasteiger partial charge in [0, 0.05) is 17.8 Å². The van der Waals surface area contributed by atoms with Crippen LogP contribution >= 0.6 is 0 Å². The number of hydrogen-bond donors (Lipinski definition) is 17. The lowest BCUT2D eigenvalue weighted by Crippen LogP contribution is -2.59. The fourth-order valence-corrected chi connectivity index (χ4v) is 7.92. The zero-order chi connectivity index (χ0) is 57.9. The summed E-state index contributed by atoms with van der Waals surface area (Å²) in [5, 5.41) is 160. The van der Waals surface area contributed by atoms with Crippen LogP contribution in [0.4, 0.5) is 0 Å². The zero-order valence-electron chi connectivity index (χ0n) is 45.5. The monoisotopic (exact) mass is 1140 g/mol. The van der Waals surface area contributed by atoms with Crippen LogP contribution in [0.2, 0.25) is 0 Å². The summed E-state index contributed by atoms with van der Waals surface area (Å²) in [6.07, 6.45) is -22.4. The normalized spacial score (nSPS) is 41.1. The first-order valence-corrected chi connectivity index (χ1v) is 25.6. The summed E-state index contributed by atoms with van der Waals surface area (Å²) < 4.78 is 52.0. The van der Waals surface area contributed by atoms with Crippen molar-refractivity contribution < 1.29 is 134 Å². The van der Waals surface area contributed by atoms with Crippen molar-refractivity contribution in [1.82, 2.24) is 0 Å². The van der Waals surface area contributed by atoms with Gasteiger partial charge >= 0.3 is 0 Å². The van der Waals surface area contributed by atoms with Gasteiger partial charge in [-0.2, -0.15) is 0 Å². The average Bonchev–Trinajstić information content (AvgIpc) is 3.34. The van der Waals surface area contributed by atoms with E-state index in [1.165, 1.54) is 0 Å². The summed E-state index contributed by atoms with van der Waals surface area (Å²) in [5.41, 5.74) is 0. The van der Waals surface area contributed by atoms with Gasteiger partial charge in [-0.05, 0) is 69.2 Å². The molecule has 0 aliphatic carbocycles. The Hall–Kier alpha value is -1.08. The molecule has 0 aromatic heterocycles. The maximum absolute atomic E-state index is 9.88. The van der Waals surface area contributed by atoms with Crippen molar-refractivity contribution in [1.29, 1.82) is 0 Å². The highest BCUT2D eigenvalue weighted by Gasteiger charge is 2.47. The van der Waals surface area contributed by atoms with E-state index >= 15 is 0 Å². The highest BCUT2D eigenvalue weighted by molar-refractivity contribution is 4.92. The Morgan fingerprint density at radius 3 is 1.12 bits per heavy atom. The fraction of sp³-hybridized carbons (Fsp3) is 1.00. The Labute approximate surface area is 454 Å². The molecular weight excluding hydrogens is 1030 g/mol. The molecule has 5 saturated heterocycles. The second-order valence-electron chi connectivity index (χ2n) is 20.5. The molecule has 17 N–H and O–H groups in total. The first-order valence-electron chi connectivity index (χ1n) is 25.6. The molecule has 0 aromatic rings. The second kappa shape index (κ2) is 37.9. The predicted octanol–water partition coefficient (Wildman–Crippen LogP) is -3.85. The van der Waals surface area contributed by atoms with Gasteiger partial charge in [0.05, 0.1) is 81.9 Å². The summed E-state index contributed by atoms with van der Waals surface area (Å²) in [5.74, 6) is -1.22. The van der Waals surface area contributed by atoms with Crippen molar-refractivity contribution in [2.75, 3.05) is 33.0 Å². The highest BCUT2D eigenvalue weighted by Crippen LogP contribution is 2.30. The van der Waals surface area contributed by atoms with E-state index in [0.29, 0.717) is 0 Å². The van der Waals surface area contributed by atoms with Crippen molar-refractivity contribution >= 4 is 0 Å². The third-order valence-corrected chi connectivity index (χ3v) is 12.4. The van der Waals surface area contributed by atoms with Crippen LogP contribution in [0.3, 0.4) is 0 Å². The maximum Gasteiger partial charge on any atom is 0.186 e. The lowest BCUT2D eigenvalue weighted by Gasteiger charge is -2.41. The van der Waals surface area contributed by atoms with E-state index in [9.17, 15) is 66.4 Å². The number of rotatable bonds is 15. The molecule has 0 saturated carbocycles. The largest absolute Gasteiger partial charge is 0.394 e. The van der Waals surface area contributed by atoms with Crippen LogP contribution in [-0.4, -0.2) is 286 Å². The predicted molar refractivity (Wildman–Crippen MR) is 273 cm³/mol. The van der Waals surface area contributed by atoms with Gasteiger partial charge in [-0.1, -0.05) is 35.6 Å². The van der Waals surface area contributed by atoms with Crippen LogP contribution in [0, 0.1) is 17.8 Å². The van der Waals surface area contributed by atoms with E-state index in [1.807, 2.05) is 41.5 Å². The van der Waals surface area contributed by atoms with Crippen molar-refractivity contribution in [3.63, 3.8) is 0 Å². The number of hydrogen-bond acceptors (Lipinski definition) is 27. The Morgan fingerprint density at radius 2 is 0.662 bits per heavy atom. The van der Waals surface area contributed by atoms with E-state index in [2.05, 4.69) is 0 Å². The minimum atomic E-state index is -1.38. The van der Waals surface area contributed by atoms with Gasteiger partial charge in [-0.25, -0.2) is 0 Å². The molecule has 5 aliphatic heterocycles. The molecule has 0 radical (unpaired) electrons. The molecule has 77 heavy (non-hydrogen) atoms. The molecule has 0 spiro atoms. The van der Waals surface area contributed by atoms with E-state index < -0.39 is 160 Å². The zero-order valence-corrected chi connectivity index (χ0v) is 45.5. The van der Waals surface area contributed by atoms with Crippen LogP contribution in [0.15, 0.2) is 0 Å². The molecule has 27 heteroatoms. The Morgan fingerprint density at radius 1 is 0.312 bits per heavy atom. The molecular formula is C50H104O27. The lowest BCUT2D eigenvalue weighted by atomic mass is 9.92. The van der Waals surface area contributed by atoms with Gasteiger partial charge in [-0.3, -0.25) is 0 Å². The maximum atomic E-state index is 9.88. The first-order chi connectivity index (χ1) is 34.8. The third kappa shape index (κ3) is 24.3. The molecule has 5 rings (SSSR count). The van der Waals surface area contributed by atoms with Crippen LogP contribution in [0.5, 0.6) is 0 Å². The molecule has 5 fully saturated rings. The lowest BCUT2D eigenvalue weighted by molar-refractivity contribution is -0.308. The molecule has 0 aromatic carbocycles. The minimum absolute atomic E-state index is 0. The summed E-state index contributed by atoms with van der Waals surface area (Å²) in [6, 6.07) is 0. The average molecular weight is 1140 g/mol. The first kappa shape index (κ1) is 78.0. The summed E-state index contributed by atoms with van der Waals surface area (Å²) in [4.78, 5) is 0. The van der Waals surface area contributed by atoms with Crippen molar-refractivity contribution in [2.24, 2.45) is 17.8 Å².